The third kappa shape index (κ3) is 3.09. The van der Waals surface area contributed by atoms with Gasteiger partial charge in [-0.2, -0.15) is 4.68 Å². The molecule has 1 spiro atoms. The van der Waals surface area contributed by atoms with Crippen LogP contribution < -0.4 is 4.74 Å². The van der Waals surface area contributed by atoms with Crippen LogP contribution in [0.4, 0.5) is 0 Å². The van der Waals surface area contributed by atoms with Gasteiger partial charge in [-0.15, -0.1) is 10.2 Å². The van der Waals surface area contributed by atoms with Crippen molar-refractivity contribution in [2.75, 3.05) is 20.3 Å². The Bertz CT molecular complexity index is 1040. The molecule has 0 radical (unpaired) electrons. The first kappa shape index (κ1) is 19.2. The zero-order chi connectivity index (χ0) is 20.7. The number of aliphatic hydroxyl groups excluding tert-OH is 1. The number of benzene rings is 1. The fraction of sp³-hybridized carbons (Fsp3) is 0.524. The third-order valence-corrected chi connectivity index (χ3v) is 6.51. The van der Waals surface area contributed by atoms with E-state index >= 15 is 0 Å². The zero-order valence-electron chi connectivity index (χ0n) is 17.2. The second kappa shape index (κ2) is 7.48. The van der Waals surface area contributed by atoms with E-state index in [0.717, 1.165) is 48.6 Å². The summed E-state index contributed by atoms with van der Waals surface area (Å²) in [5, 5.41) is 23.1. The van der Waals surface area contributed by atoms with Gasteiger partial charge in [0, 0.05) is 20.1 Å². The van der Waals surface area contributed by atoms with Gasteiger partial charge in [0.1, 0.15) is 18.2 Å². The Balaban J connectivity index is 1.51. The van der Waals surface area contributed by atoms with Crippen LogP contribution in [0.3, 0.4) is 0 Å². The van der Waals surface area contributed by atoms with E-state index in [1.54, 1.807) is 18.0 Å². The van der Waals surface area contributed by atoms with E-state index in [1.807, 2.05) is 36.0 Å². The molecule has 2 fully saturated rings. The Morgan fingerprint density at radius 1 is 1.23 bits per heavy atom. The standard InChI is InChI=1S/C21H26N6O3/c1-26-18(13-22-25-26)27-20(14-11-21(12-14)8-7-17(21)28)23-19(24-27)15-5-3-4-6-16(15)30-10-9-29-2/h3-6,13-14,17,28H,7-12H2,1-2H3. The van der Waals surface area contributed by atoms with Gasteiger partial charge in [0.15, 0.2) is 11.6 Å². The molecule has 0 amide bonds. The predicted octanol–water partition coefficient (Wildman–Crippen LogP) is 2.11. The van der Waals surface area contributed by atoms with Crippen LogP contribution in [-0.4, -0.2) is 61.3 Å². The van der Waals surface area contributed by atoms with Gasteiger partial charge in [0.25, 0.3) is 0 Å². The maximum absolute atomic E-state index is 10.2. The molecule has 0 bridgehead atoms. The van der Waals surface area contributed by atoms with Crippen LogP contribution in [-0.2, 0) is 11.8 Å². The van der Waals surface area contributed by atoms with Gasteiger partial charge in [-0.1, -0.05) is 17.3 Å². The minimum absolute atomic E-state index is 0.0769. The van der Waals surface area contributed by atoms with Gasteiger partial charge in [0.2, 0.25) is 0 Å². The molecular formula is C21H26N6O3. The molecule has 9 nitrogen and oxygen atoms in total. The van der Waals surface area contributed by atoms with Crippen molar-refractivity contribution in [1.29, 1.82) is 0 Å². The summed E-state index contributed by atoms with van der Waals surface area (Å²) < 4.78 is 14.5. The molecule has 0 aliphatic heterocycles. The first-order valence-electron chi connectivity index (χ1n) is 10.3. The SMILES string of the molecule is COCCOc1ccccc1-c1nc(C2CC3(CCC3O)C2)n(-c2cnnn2C)n1. The van der Waals surface area contributed by atoms with E-state index in [2.05, 4.69) is 10.3 Å². The largest absolute Gasteiger partial charge is 0.490 e. The van der Waals surface area contributed by atoms with Crippen molar-refractivity contribution >= 4 is 0 Å². The number of aryl methyl sites for hydroxylation is 1. The molecule has 0 saturated heterocycles. The highest BCUT2D eigenvalue weighted by atomic mass is 16.5. The maximum Gasteiger partial charge on any atom is 0.185 e. The van der Waals surface area contributed by atoms with Crippen LogP contribution in [0.25, 0.3) is 17.2 Å². The highest BCUT2D eigenvalue weighted by Crippen LogP contribution is 2.61. The van der Waals surface area contributed by atoms with Crippen molar-refractivity contribution in [1.82, 2.24) is 29.8 Å². The molecular weight excluding hydrogens is 384 g/mol. The van der Waals surface area contributed by atoms with Crippen LogP contribution >= 0.6 is 0 Å². The van der Waals surface area contributed by atoms with Crippen LogP contribution in [0.15, 0.2) is 30.5 Å². The lowest BCUT2D eigenvalue weighted by molar-refractivity contribution is -0.127. The van der Waals surface area contributed by atoms with Gasteiger partial charge >= 0.3 is 0 Å². The number of nitrogens with zero attached hydrogens (tertiary/aromatic N) is 6. The maximum atomic E-state index is 10.2. The highest BCUT2D eigenvalue weighted by Gasteiger charge is 2.56. The molecule has 1 atom stereocenters. The second-order valence-corrected chi connectivity index (χ2v) is 8.28. The van der Waals surface area contributed by atoms with E-state index in [0.29, 0.717) is 19.0 Å². The number of ether oxygens (including phenoxy) is 2. The fourth-order valence-corrected chi connectivity index (χ4v) is 4.62. The minimum atomic E-state index is -0.183. The quantitative estimate of drug-likeness (QED) is 0.596. The van der Waals surface area contributed by atoms with Gasteiger partial charge < -0.3 is 14.6 Å². The second-order valence-electron chi connectivity index (χ2n) is 8.28. The smallest absolute Gasteiger partial charge is 0.185 e. The number of rotatable bonds is 7. The molecule has 2 aromatic heterocycles. The topological polar surface area (TPSA) is 100 Å². The Kier molecular flexibility index (Phi) is 4.79. The summed E-state index contributed by atoms with van der Waals surface area (Å²) in [6.45, 7) is 0.963. The molecule has 30 heavy (non-hydrogen) atoms. The average Bonchev–Trinajstić information content (AvgIpc) is 3.32. The Labute approximate surface area is 174 Å². The normalized spacial score (nSPS) is 25.2. The van der Waals surface area contributed by atoms with Crippen LogP contribution in [0, 0.1) is 5.41 Å². The Morgan fingerprint density at radius 2 is 2.07 bits per heavy atom. The minimum Gasteiger partial charge on any atom is -0.490 e. The molecule has 2 aliphatic carbocycles. The van der Waals surface area contributed by atoms with E-state index < -0.39 is 0 Å². The lowest BCUT2D eigenvalue weighted by atomic mass is 9.50. The molecule has 2 aliphatic rings. The molecule has 158 valence electrons. The molecule has 1 aromatic carbocycles. The first-order valence-corrected chi connectivity index (χ1v) is 10.3. The summed E-state index contributed by atoms with van der Waals surface area (Å²) in [5.41, 5.74) is 0.912. The highest BCUT2D eigenvalue weighted by molar-refractivity contribution is 5.64. The van der Waals surface area contributed by atoms with Gasteiger partial charge in [0.05, 0.1) is 24.5 Å². The van der Waals surface area contributed by atoms with Crippen molar-refractivity contribution in [2.45, 2.75) is 37.7 Å². The third-order valence-electron chi connectivity index (χ3n) is 6.51. The molecule has 5 rings (SSSR count). The zero-order valence-corrected chi connectivity index (χ0v) is 17.2. The molecule has 1 N–H and O–H groups in total. The van der Waals surface area contributed by atoms with Gasteiger partial charge in [-0.05, 0) is 43.2 Å². The van der Waals surface area contributed by atoms with E-state index in [4.69, 9.17) is 19.6 Å². The number of aromatic nitrogens is 6. The van der Waals surface area contributed by atoms with E-state index in [9.17, 15) is 5.11 Å². The lowest BCUT2D eigenvalue weighted by Crippen LogP contribution is -2.53. The van der Waals surface area contributed by atoms with Gasteiger partial charge in [-0.25, -0.2) is 9.67 Å². The monoisotopic (exact) mass is 410 g/mol. The fourth-order valence-electron chi connectivity index (χ4n) is 4.62. The van der Waals surface area contributed by atoms with E-state index in [1.165, 1.54) is 0 Å². The van der Waals surface area contributed by atoms with Crippen molar-refractivity contribution in [2.24, 2.45) is 12.5 Å². The number of methoxy groups -OCH3 is 1. The summed E-state index contributed by atoms with van der Waals surface area (Å²) in [5.74, 6) is 3.22. The Morgan fingerprint density at radius 3 is 2.73 bits per heavy atom. The molecule has 3 aromatic rings. The average molecular weight is 410 g/mol. The van der Waals surface area contributed by atoms with Crippen molar-refractivity contribution in [3.8, 4) is 23.0 Å². The van der Waals surface area contributed by atoms with Crippen molar-refractivity contribution in [3.05, 3.63) is 36.3 Å². The summed E-state index contributed by atoms with van der Waals surface area (Å²) in [6.07, 6.45) is 5.37. The Hall–Kier alpha value is -2.78. The van der Waals surface area contributed by atoms with Crippen molar-refractivity contribution in [3.63, 3.8) is 0 Å². The van der Waals surface area contributed by atoms with Crippen LogP contribution in [0.1, 0.15) is 37.4 Å². The van der Waals surface area contributed by atoms with Crippen molar-refractivity contribution < 1.29 is 14.6 Å². The van der Waals surface area contributed by atoms with Crippen LogP contribution in [0.5, 0.6) is 5.75 Å². The summed E-state index contributed by atoms with van der Waals surface area (Å²) in [4.78, 5) is 4.93. The van der Waals surface area contributed by atoms with E-state index in [-0.39, 0.29) is 17.4 Å². The molecule has 1 unspecified atom stereocenters. The number of hydrogen-bond acceptors (Lipinski definition) is 7. The van der Waals surface area contributed by atoms with Crippen LogP contribution in [0.2, 0.25) is 0 Å². The first-order chi connectivity index (χ1) is 14.6. The summed E-state index contributed by atoms with van der Waals surface area (Å²) >= 11 is 0. The van der Waals surface area contributed by atoms with Gasteiger partial charge in [-0.3, -0.25) is 0 Å². The number of aliphatic hydroxyl groups is 1. The molecule has 2 heterocycles. The number of para-hydroxylation sites is 1. The number of hydrogen-bond donors (Lipinski definition) is 1. The summed E-state index contributed by atoms with van der Waals surface area (Å²) in [6, 6.07) is 7.76. The predicted molar refractivity (Wildman–Crippen MR) is 108 cm³/mol. The summed E-state index contributed by atoms with van der Waals surface area (Å²) in [7, 11) is 3.49. The lowest BCUT2D eigenvalue weighted by Gasteiger charge is -2.57. The molecule has 2 saturated carbocycles. The molecule has 9 heteroatoms.